The summed E-state index contributed by atoms with van der Waals surface area (Å²) in [5.41, 5.74) is 2.13. The van der Waals surface area contributed by atoms with Gasteiger partial charge in [-0.15, -0.1) is 0 Å². The topological polar surface area (TPSA) is 25.4 Å². The highest BCUT2D eigenvalue weighted by atomic mass is 35.5. The Hall–Kier alpha value is -1.74. The largest absolute Gasteiger partial charge is 0.491 e. The molecule has 0 radical (unpaired) electrons. The summed E-state index contributed by atoms with van der Waals surface area (Å²) in [7, 11) is 0. The second-order valence-corrected chi connectivity index (χ2v) is 4.55. The van der Waals surface area contributed by atoms with Gasteiger partial charge >= 0.3 is 0 Å². The van der Waals surface area contributed by atoms with Crippen molar-refractivity contribution >= 4 is 23.0 Å². The first-order chi connectivity index (χ1) is 8.84. The molecule has 0 unspecified atom stereocenters. The maximum atomic E-state index is 5.96. The second kappa shape index (κ2) is 4.86. The number of hydrogen-bond donors (Lipinski definition) is 0. The van der Waals surface area contributed by atoms with Gasteiger partial charge in [-0.3, -0.25) is 0 Å². The first kappa shape index (κ1) is 11.4. The summed E-state index contributed by atoms with van der Waals surface area (Å²) in [5, 5.41) is 0.509. The van der Waals surface area contributed by atoms with Crippen molar-refractivity contribution in [2.75, 3.05) is 18.1 Å². The highest BCUT2D eigenvalue weighted by Gasteiger charge is 2.17. The number of aromatic nitrogens is 1. The Morgan fingerprint density at radius 1 is 1.22 bits per heavy atom. The molecule has 2 heterocycles. The number of hydrogen-bond acceptors (Lipinski definition) is 3. The Bertz CT molecular complexity index is 559. The van der Waals surface area contributed by atoms with Crippen molar-refractivity contribution in [2.24, 2.45) is 0 Å². The molecule has 0 saturated heterocycles. The second-order valence-electron chi connectivity index (χ2n) is 4.16. The van der Waals surface area contributed by atoms with E-state index in [1.807, 2.05) is 30.3 Å². The SMILES string of the molecule is Clc1cc(N2CCCOc3ccccc32)ccn1. The molecule has 92 valence electrons. The maximum absolute atomic E-state index is 5.96. The Morgan fingerprint density at radius 2 is 2.11 bits per heavy atom. The van der Waals surface area contributed by atoms with Gasteiger partial charge in [-0.05, 0) is 30.7 Å². The summed E-state index contributed by atoms with van der Waals surface area (Å²) < 4.78 is 5.74. The zero-order valence-corrected chi connectivity index (χ0v) is 10.6. The van der Waals surface area contributed by atoms with E-state index in [2.05, 4.69) is 16.0 Å². The molecule has 1 aliphatic rings. The van der Waals surface area contributed by atoms with Gasteiger partial charge in [0.2, 0.25) is 0 Å². The van der Waals surface area contributed by atoms with Gasteiger partial charge in [-0.2, -0.15) is 0 Å². The lowest BCUT2D eigenvalue weighted by molar-refractivity contribution is 0.322. The maximum Gasteiger partial charge on any atom is 0.142 e. The fourth-order valence-electron chi connectivity index (χ4n) is 2.16. The molecule has 4 heteroatoms. The number of fused-ring (bicyclic) bond motifs is 1. The lowest BCUT2D eigenvalue weighted by atomic mass is 10.2. The highest BCUT2D eigenvalue weighted by molar-refractivity contribution is 6.29. The number of ether oxygens (including phenoxy) is 1. The van der Waals surface area contributed by atoms with Gasteiger partial charge in [0.25, 0.3) is 0 Å². The van der Waals surface area contributed by atoms with Gasteiger partial charge in [0.05, 0.1) is 12.3 Å². The van der Waals surface area contributed by atoms with E-state index in [1.165, 1.54) is 0 Å². The van der Waals surface area contributed by atoms with E-state index in [-0.39, 0.29) is 0 Å². The number of halogens is 1. The number of anilines is 2. The molecule has 0 atom stereocenters. The summed E-state index contributed by atoms with van der Waals surface area (Å²) in [6, 6.07) is 11.9. The van der Waals surface area contributed by atoms with Gasteiger partial charge in [-0.1, -0.05) is 23.7 Å². The number of para-hydroxylation sites is 2. The molecule has 1 aliphatic heterocycles. The van der Waals surface area contributed by atoms with E-state index in [1.54, 1.807) is 6.20 Å². The van der Waals surface area contributed by atoms with Crippen LogP contribution in [-0.4, -0.2) is 18.1 Å². The van der Waals surface area contributed by atoms with Gasteiger partial charge < -0.3 is 9.64 Å². The van der Waals surface area contributed by atoms with Gasteiger partial charge in [0, 0.05) is 18.4 Å². The number of rotatable bonds is 1. The van der Waals surface area contributed by atoms with Crippen LogP contribution in [0.5, 0.6) is 5.75 Å². The quantitative estimate of drug-likeness (QED) is 0.732. The molecule has 3 nitrogen and oxygen atoms in total. The van der Waals surface area contributed by atoms with Gasteiger partial charge in [0.1, 0.15) is 10.9 Å². The van der Waals surface area contributed by atoms with Crippen LogP contribution < -0.4 is 9.64 Å². The van der Waals surface area contributed by atoms with E-state index in [4.69, 9.17) is 16.3 Å². The van der Waals surface area contributed by atoms with Crippen molar-refractivity contribution in [2.45, 2.75) is 6.42 Å². The highest BCUT2D eigenvalue weighted by Crippen LogP contribution is 2.35. The molecule has 18 heavy (non-hydrogen) atoms. The van der Waals surface area contributed by atoms with Crippen molar-refractivity contribution in [3.8, 4) is 5.75 Å². The predicted molar refractivity (Wildman–Crippen MR) is 72.8 cm³/mol. The standard InChI is InChI=1S/C14H13ClN2O/c15-14-10-11(6-7-16-14)17-8-3-9-18-13-5-2-1-4-12(13)17/h1-2,4-7,10H,3,8-9H2. The molecule has 0 bridgehead atoms. The molecule has 0 amide bonds. The molecule has 1 aromatic heterocycles. The Morgan fingerprint density at radius 3 is 3.00 bits per heavy atom. The van der Waals surface area contributed by atoms with Crippen LogP contribution in [0.3, 0.4) is 0 Å². The smallest absolute Gasteiger partial charge is 0.142 e. The van der Waals surface area contributed by atoms with Gasteiger partial charge in [-0.25, -0.2) is 4.98 Å². The Balaban J connectivity index is 2.06. The number of benzene rings is 1. The average molecular weight is 261 g/mol. The number of nitrogens with zero attached hydrogens (tertiary/aromatic N) is 2. The fraction of sp³-hybridized carbons (Fsp3) is 0.214. The van der Waals surface area contributed by atoms with Crippen molar-refractivity contribution < 1.29 is 4.74 Å². The predicted octanol–water partition coefficient (Wildman–Crippen LogP) is 3.66. The minimum absolute atomic E-state index is 0.509. The van der Waals surface area contributed by atoms with E-state index in [0.29, 0.717) is 5.15 Å². The Kier molecular flexibility index (Phi) is 3.07. The molecule has 0 spiro atoms. The van der Waals surface area contributed by atoms with Crippen LogP contribution in [0, 0.1) is 0 Å². The molecule has 2 aromatic rings. The lowest BCUT2D eigenvalue weighted by Crippen LogP contribution is -2.17. The third kappa shape index (κ3) is 2.14. The number of pyridine rings is 1. The van der Waals surface area contributed by atoms with Crippen molar-refractivity contribution in [3.63, 3.8) is 0 Å². The molecule has 0 aliphatic carbocycles. The van der Waals surface area contributed by atoms with Gasteiger partial charge in [0.15, 0.2) is 0 Å². The molecular formula is C14H13ClN2O. The zero-order chi connectivity index (χ0) is 12.4. The van der Waals surface area contributed by atoms with E-state index in [9.17, 15) is 0 Å². The molecule has 0 fully saturated rings. The van der Waals surface area contributed by atoms with Crippen LogP contribution in [0.4, 0.5) is 11.4 Å². The molecule has 1 aromatic carbocycles. The first-order valence-corrected chi connectivity index (χ1v) is 6.33. The van der Waals surface area contributed by atoms with Crippen molar-refractivity contribution in [1.82, 2.24) is 4.98 Å². The van der Waals surface area contributed by atoms with Crippen LogP contribution in [0.15, 0.2) is 42.6 Å². The van der Waals surface area contributed by atoms with E-state index >= 15 is 0 Å². The Labute approximate surface area is 111 Å². The first-order valence-electron chi connectivity index (χ1n) is 5.95. The van der Waals surface area contributed by atoms with E-state index < -0.39 is 0 Å². The van der Waals surface area contributed by atoms with Crippen molar-refractivity contribution in [1.29, 1.82) is 0 Å². The molecule has 0 saturated carbocycles. The van der Waals surface area contributed by atoms with Crippen LogP contribution >= 0.6 is 11.6 Å². The normalized spacial score (nSPS) is 14.6. The monoisotopic (exact) mass is 260 g/mol. The molecular weight excluding hydrogens is 248 g/mol. The lowest BCUT2D eigenvalue weighted by Gasteiger charge is -2.23. The summed E-state index contributed by atoms with van der Waals surface area (Å²) in [6.07, 6.45) is 2.71. The van der Waals surface area contributed by atoms with Crippen LogP contribution in [0.25, 0.3) is 0 Å². The third-order valence-electron chi connectivity index (χ3n) is 2.96. The summed E-state index contributed by atoms with van der Waals surface area (Å²) in [5.74, 6) is 0.919. The molecule has 0 N–H and O–H groups in total. The van der Waals surface area contributed by atoms with Crippen LogP contribution in [0.2, 0.25) is 5.15 Å². The van der Waals surface area contributed by atoms with Crippen molar-refractivity contribution in [3.05, 3.63) is 47.7 Å². The minimum Gasteiger partial charge on any atom is -0.491 e. The van der Waals surface area contributed by atoms with Crippen LogP contribution in [0.1, 0.15) is 6.42 Å². The summed E-state index contributed by atoms with van der Waals surface area (Å²) in [4.78, 5) is 6.24. The summed E-state index contributed by atoms with van der Waals surface area (Å²) >= 11 is 5.96. The third-order valence-corrected chi connectivity index (χ3v) is 3.17. The average Bonchev–Trinajstić information content (AvgIpc) is 2.61. The zero-order valence-electron chi connectivity index (χ0n) is 9.84. The fourth-order valence-corrected chi connectivity index (χ4v) is 2.32. The van der Waals surface area contributed by atoms with Crippen LogP contribution in [-0.2, 0) is 0 Å². The summed E-state index contributed by atoms with van der Waals surface area (Å²) in [6.45, 7) is 1.66. The minimum atomic E-state index is 0.509. The van der Waals surface area contributed by atoms with E-state index in [0.717, 1.165) is 36.7 Å². The molecule has 3 rings (SSSR count).